The molecule has 5 rings (SSSR count). The summed E-state index contributed by atoms with van der Waals surface area (Å²) in [7, 11) is 0. The summed E-state index contributed by atoms with van der Waals surface area (Å²) in [5, 5.41) is 11.2. The lowest BCUT2D eigenvalue weighted by Crippen LogP contribution is -2.55. The van der Waals surface area contributed by atoms with Crippen LogP contribution < -0.4 is 5.56 Å². The molecule has 1 fully saturated rings. The van der Waals surface area contributed by atoms with E-state index in [4.69, 9.17) is 0 Å². The second-order valence-electron chi connectivity index (χ2n) is 10.1. The summed E-state index contributed by atoms with van der Waals surface area (Å²) in [4.78, 5) is 53.8. The molecule has 9 heteroatoms. The topological polar surface area (TPSA) is 106 Å². The minimum atomic E-state index is -0.641. The zero-order valence-corrected chi connectivity index (χ0v) is 19.3. The number of aromatic nitrogens is 1. The van der Waals surface area contributed by atoms with Crippen molar-refractivity contribution in [1.82, 2.24) is 14.4 Å². The Morgan fingerprint density at radius 3 is 2.59 bits per heavy atom. The summed E-state index contributed by atoms with van der Waals surface area (Å²) in [6.45, 7) is 5.81. The SMILES string of the molecule is CC(C)C[C@@H](C(=O)N1C[C@@H]2C[C@H](C1)c1ccc([N+](=O)[O-])c(=O)n1C2)N1Cc2ccccc2C1=O. The van der Waals surface area contributed by atoms with Gasteiger partial charge in [-0.15, -0.1) is 0 Å². The van der Waals surface area contributed by atoms with Crippen molar-refractivity contribution in [3.63, 3.8) is 0 Å². The second kappa shape index (κ2) is 8.38. The van der Waals surface area contributed by atoms with Crippen LogP contribution in [0.1, 0.15) is 54.2 Å². The number of hydrogen-bond donors (Lipinski definition) is 0. The number of rotatable bonds is 5. The third-order valence-corrected chi connectivity index (χ3v) is 7.30. The van der Waals surface area contributed by atoms with Crippen LogP contribution in [0.25, 0.3) is 0 Å². The standard InChI is InChI=1S/C25H28N4O5/c1-15(2)9-22(28-14-17-5-3-4-6-19(17)23(28)30)24(31)26-11-16-10-18(13-26)20-7-8-21(29(33)34)25(32)27(20)12-16/h3-8,15-16,18,22H,9-14H2,1-2H3/t16-,18+,22-/m0/s1. The van der Waals surface area contributed by atoms with E-state index in [1.807, 2.05) is 29.2 Å². The van der Waals surface area contributed by atoms with Crippen molar-refractivity contribution < 1.29 is 14.5 Å². The van der Waals surface area contributed by atoms with Crippen molar-refractivity contribution in [2.24, 2.45) is 11.8 Å². The highest BCUT2D eigenvalue weighted by Gasteiger charge is 2.42. The first kappa shape index (κ1) is 22.3. The van der Waals surface area contributed by atoms with Gasteiger partial charge in [0.15, 0.2) is 0 Å². The first-order chi connectivity index (χ1) is 16.2. The molecule has 1 saturated heterocycles. The van der Waals surface area contributed by atoms with Crippen molar-refractivity contribution >= 4 is 17.5 Å². The van der Waals surface area contributed by atoms with E-state index in [1.54, 1.807) is 11.0 Å². The summed E-state index contributed by atoms with van der Waals surface area (Å²) in [5.41, 5.74) is 1.36. The average Bonchev–Trinajstić information content (AvgIpc) is 3.13. The van der Waals surface area contributed by atoms with Crippen molar-refractivity contribution in [2.45, 2.75) is 51.7 Å². The van der Waals surface area contributed by atoms with Gasteiger partial charge in [0.1, 0.15) is 6.04 Å². The quantitative estimate of drug-likeness (QED) is 0.500. The van der Waals surface area contributed by atoms with Crippen LogP contribution >= 0.6 is 0 Å². The summed E-state index contributed by atoms with van der Waals surface area (Å²) in [6, 6.07) is 9.88. The van der Waals surface area contributed by atoms with Gasteiger partial charge < -0.3 is 14.4 Å². The van der Waals surface area contributed by atoms with E-state index in [0.29, 0.717) is 38.2 Å². The molecule has 0 radical (unpaired) electrons. The van der Waals surface area contributed by atoms with Gasteiger partial charge in [-0.2, -0.15) is 0 Å². The largest absolute Gasteiger partial charge is 0.340 e. The molecule has 2 aromatic rings. The molecule has 3 aliphatic heterocycles. The van der Waals surface area contributed by atoms with Gasteiger partial charge in [-0.1, -0.05) is 32.0 Å². The number of amides is 2. The highest BCUT2D eigenvalue weighted by Crippen LogP contribution is 2.37. The van der Waals surface area contributed by atoms with Crippen LogP contribution in [0.5, 0.6) is 0 Å². The average molecular weight is 465 g/mol. The Morgan fingerprint density at radius 2 is 1.88 bits per heavy atom. The van der Waals surface area contributed by atoms with Crippen molar-refractivity contribution in [2.75, 3.05) is 13.1 Å². The number of carbonyl (C=O) groups excluding carboxylic acids is 2. The maximum absolute atomic E-state index is 13.8. The molecule has 0 aliphatic carbocycles. The summed E-state index contributed by atoms with van der Waals surface area (Å²) in [6.07, 6.45) is 1.41. The van der Waals surface area contributed by atoms with Gasteiger partial charge in [-0.3, -0.25) is 24.5 Å². The maximum Gasteiger partial charge on any atom is 0.334 e. The van der Waals surface area contributed by atoms with E-state index >= 15 is 0 Å². The molecule has 178 valence electrons. The zero-order valence-electron chi connectivity index (χ0n) is 19.3. The van der Waals surface area contributed by atoms with Gasteiger partial charge in [-0.05, 0) is 42.4 Å². The molecule has 3 atom stereocenters. The lowest BCUT2D eigenvalue weighted by molar-refractivity contribution is -0.386. The molecule has 2 amide bonds. The minimum absolute atomic E-state index is 0.0427. The van der Waals surface area contributed by atoms with E-state index in [9.17, 15) is 24.5 Å². The second-order valence-corrected chi connectivity index (χ2v) is 10.1. The van der Waals surface area contributed by atoms with E-state index < -0.39 is 22.2 Å². The Morgan fingerprint density at radius 1 is 1.12 bits per heavy atom. The number of pyridine rings is 1. The van der Waals surface area contributed by atoms with Gasteiger partial charge in [0.2, 0.25) is 5.91 Å². The molecule has 0 unspecified atom stereocenters. The molecule has 9 nitrogen and oxygen atoms in total. The Kier molecular flexibility index (Phi) is 5.50. The molecule has 0 saturated carbocycles. The number of nitro groups is 1. The Hall–Kier alpha value is -3.49. The van der Waals surface area contributed by atoms with E-state index in [-0.39, 0.29) is 29.6 Å². The third kappa shape index (κ3) is 3.69. The molecule has 4 heterocycles. The number of benzene rings is 1. The summed E-state index contributed by atoms with van der Waals surface area (Å²) < 4.78 is 1.52. The monoisotopic (exact) mass is 464 g/mol. The number of hydrogen-bond acceptors (Lipinski definition) is 5. The minimum Gasteiger partial charge on any atom is -0.340 e. The van der Waals surface area contributed by atoms with Gasteiger partial charge in [0.25, 0.3) is 5.91 Å². The fourth-order valence-electron chi connectivity index (χ4n) is 5.80. The first-order valence-corrected chi connectivity index (χ1v) is 11.8. The lowest BCUT2D eigenvalue weighted by atomic mass is 9.82. The summed E-state index contributed by atoms with van der Waals surface area (Å²) >= 11 is 0. The number of piperidine rings is 1. The highest BCUT2D eigenvalue weighted by atomic mass is 16.6. The molecule has 0 spiro atoms. The number of nitrogens with zero attached hydrogens (tertiary/aromatic N) is 4. The third-order valence-electron chi connectivity index (χ3n) is 7.30. The van der Waals surface area contributed by atoms with E-state index in [2.05, 4.69) is 13.8 Å². The highest BCUT2D eigenvalue weighted by molar-refractivity contribution is 6.01. The zero-order chi connectivity index (χ0) is 24.1. The van der Waals surface area contributed by atoms with Crippen molar-refractivity contribution in [3.8, 4) is 0 Å². The molecule has 0 N–H and O–H groups in total. The fourth-order valence-corrected chi connectivity index (χ4v) is 5.80. The van der Waals surface area contributed by atoms with Crippen LogP contribution in [-0.2, 0) is 17.9 Å². The smallest absolute Gasteiger partial charge is 0.334 e. The molecule has 3 aliphatic rings. The van der Waals surface area contributed by atoms with Gasteiger partial charge in [0.05, 0.1) is 4.92 Å². The van der Waals surface area contributed by atoms with Crippen molar-refractivity contribution in [1.29, 1.82) is 0 Å². The van der Waals surface area contributed by atoms with Crippen LogP contribution in [0.4, 0.5) is 5.69 Å². The Bertz CT molecular complexity index is 1240. The predicted molar refractivity (Wildman–Crippen MR) is 124 cm³/mol. The van der Waals surface area contributed by atoms with E-state index in [1.165, 1.54) is 10.6 Å². The van der Waals surface area contributed by atoms with Crippen LogP contribution in [0.3, 0.4) is 0 Å². The Labute approximate surface area is 197 Å². The predicted octanol–water partition coefficient (Wildman–Crippen LogP) is 2.77. The lowest BCUT2D eigenvalue weighted by Gasteiger charge is -2.44. The normalized spacial score (nSPS) is 21.9. The maximum atomic E-state index is 13.8. The van der Waals surface area contributed by atoms with E-state index in [0.717, 1.165) is 17.7 Å². The van der Waals surface area contributed by atoms with Crippen LogP contribution in [-0.4, -0.2) is 50.2 Å². The van der Waals surface area contributed by atoms with Gasteiger partial charge >= 0.3 is 11.2 Å². The van der Waals surface area contributed by atoms with Crippen LogP contribution in [0, 0.1) is 22.0 Å². The number of likely N-dealkylation sites (tertiary alicyclic amines) is 1. The fraction of sp³-hybridized carbons (Fsp3) is 0.480. The molecule has 1 aromatic heterocycles. The molecule has 2 bridgehead atoms. The number of fused-ring (bicyclic) bond motifs is 5. The first-order valence-electron chi connectivity index (χ1n) is 11.8. The van der Waals surface area contributed by atoms with Gasteiger partial charge in [-0.25, -0.2) is 0 Å². The Balaban J connectivity index is 1.41. The molecular formula is C25H28N4O5. The van der Waals surface area contributed by atoms with Crippen molar-refractivity contribution in [3.05, 3.63) is 73.7 Å². The van der Waals surface area contributed by atoms with Gasteiger partial charge in [0, 0.05) is 49.4 Å². The molecular weight excluding hydrogens is 436 g/mol. The van der Waals surface area contributed by atoms with Crippen LogP contribution in [0.15, 0.2) is 41.2 Å². The van der Waals surface area contributed by atoms with Crippen LogP contribution in [0.2, 0.25) is 0 Å². The molecule has 1 aromatic carbocycles. The molecule has 34 heavy (non-hydrogen) atoms. The summed E-state index contributed by atoms with van der Waals surface area (Å²) in [5.74, 6) is 0.0603. The number of carbonyl (C=O) groups is 2.